The van der Waals surface area contributed by atoms with Crippen LogP contribution in [0.1, 0.15) is 17.5 Å². The summed E-state index contributed by atoms with van der Waals surface area (Å²) < 4.78 is 0. The zero-order valence-corrected chi connectivity index (χ0v) is 14.4. The van der Waals surface area contributed by atoms with Crippen molar-refractivity contribution in [2.75, 3.05) is 6.54 Å². The van der Waals surface area contributed by atoms with E-state index in [1.54, 1.807) is 0 Å². The molecule has 0 spiro atoms. The quantitative estimate of drug-likeness (QED) is 0.726. The second kappa shape index (κ2) is 6.87. The monoisotopic (exact) mass is 346 g/mol. The van der Waals surface area contributed by atoms with Gasteiger partial charge in [-0.15, -0.1) is 10.2 Å². The summed E-state index contributed by atoms with van der Waals surface area (Å²) >= 11 is 0. The zero-order valence-electron chi connectivity index (χ0n) is 14.4. The van der Waals surface area contributed by atoms with Crippen molar-refractivity contribution in [3.05, 3.63) is 65.7 Å². The first-order valence-electron chi connectivity index (χ1n) is 8.48. The fourth-order valence-electron chi connectivity index (χ4n) is 2.92. The van der Waals surface area contributed by atoms with E-state index in [1.165, 1.54) is 9.81 Å². The van der Waals surface area contributed by atoms with Crippen LogP contribution in [-0.4, -0.2) is 43.4 Å². The van der Waals surface area contributed by atoms with Crippen LogP contribution in [0.25, 0.3) is 11.4 Å². The third-order valence-corrected chi connectivity index (χ3v) is 4.31. The van der Waals surface area contributed by atoms with E-state index in [2.05, 4.69) is 20.5 Å². The molecule has 130 valence electrons. The van der Waals surface area contributed by atoms with Gasteiger partial charge in [0.25, 0.3) is 5.91 Å². The lowest BCUT2D eigenvalue weighted by Crippen LogP contribution is -2.28. The van der Waals surface area contributed by atoms with Gasteiger partial charge in [0, 0.05) is 12.0 Å². The van der Waals surface area contributed by atoms with Gasteiger partial charge in [0.1, 0.15) is 6.54 Å². The van der Waals surface area contributed by atoms with Gasteiger partial charge in [-0.1, -0.05) is 54.6 Å². The third kappa shape index (κ3) is 3.23. The summed E-state index contributed by atoms with van der Waals surface area (Å²) in [4.78, 5) is 13.8. The van der Waals surface area contributed by atoms with Gasteiger partial charge in [-0.25, -0.2) is 5.01 Å². The Bertz CT molecular complexity index is 963. The van der Waals surface area contributed by atoms with E-state index >= 15 is 0 Å². The van der Waals surface area contributed by atoms with Crippen LogP contribution in [0.5, 0.6) is 0 Å². The number of hydrogen-bond acceptors (Lipinski definition) is 5. The maximum Gasteiger partial charge on any atom is 0.266 e. The molecule has 0 atom stereocenters. The van der Waals surface area contributed by atoms with E-state index in [0.29, 0.717) is 12.4 Å². The first kappa shape index (κ1) is 16.1. The van der Waals surface area contributed by atoms with E-state index in [-0.39, 0.29) is 12.5 Å². The maximum absolute atomic E-state index is 12.5. The lowest BCUT2D eigenvalue weighted by Gasteiger charge is -2.10. The molecule has 3 aromatic rings. The highest BCUT2D eigenvalue weighted by atomic mass is 16.2. The van der Waals surface area contributed by atoms with Gasteiger partial charge in [-0.05, 0) is 23.3 Å². The normalized spacial score (nSPS) is 13.7. The molecule has 0 saturated carbocycles. The molecule has 0 bridgehead atoms. The number of tetrazole rings is 1. The fourth-order valence-corrected chi connectivity index (χ4v) is 2.92. The first-order valence-corrected chi connectivity index (χ1v) is 8.48. The Labute approximate surface area is 150 Å². The molecule has 7 heteroatoms. The van der Waals surface area contributed by atoms with Gasteiger partial charge in [0.05, 0.1) is 12.3 Å². The summed E-state index contributed by atoms with van der Waals surface area (Å²) in [5.74, 6) is 0.371. The molecule has 4 rings (SSSR count). The molecule has 2 heterocycles. The summed E-state index contributed by atoms with van der Waals surface area (Å²) in [7, 11) is 0. The Morgan fingerprint density at radius 1 is 1.08 bits per heavy atom. The predicted octanol–water partition coefficient (Wildman–Crippen LogP) is 2.29. The highest BCUT2D eigenvalue weighted by Crippen LogP contribution is 2.18. The van der Waals surface area contributed by atoms with Crippen molar-refractivity contribution in [2.24, 2.45) is 5.10 Å². The van der Waals surface area contributed by atoms with Crippen molar-refractivity contribution in [1.29, 1.82) is 0 Å². The van der Waals surface area contributed by atoms with Crippen molar-refractivity contribution in [3.8, 4) is 11.4 Å². The minimum absolute atomic E-state index is 0.0183. The van der Waals surface area contributed by atoms with Crippen LogP contribution in [-0.2, 0) is 11.3 Å². The van der Waals surface area contributed by atoms with Crippen molar-refractivity contribution in [1.82, 2.24) is 25.2 Å². The number of hydrogen-bond donors (Lipinski definition) is 0. The van der Waals surface area contributed by atoms with Crippen LogP contribution in [0.15, 0.2) is 59.7 Å². The second-order valence-electron chi connectivity index (χ2n) is 6.14. The molecule has 0 N–H and O–H groups in total. The van der Waals surface area contributed by atoms with E-state index in [1.807, 2.05) is 61.5 Å². The molecule has 1 amide bonds. The molecule has 0 aliphatic carbocycles. The molecule has 2 aromatic carbocycles. The lowest BCUT2D eigenvalue weighted by atomic mass is 10.1. The highest BCUT2D eigenvalue weighted by Gasteiger charge is 2.22. The van der Waals surface area contributed by atoms with Crippen molar-refractivity contribution in [2.45, 2.75) is 19.9 Å². The van der Waals surface area contributed by atoms with Crippen LogP contribution in [0, 0.1) is 6.92 Å². The SMILES string of the molecule is Cc1ccccc1-c1nnn(CC(=O)N2CCC(c3ccccc3)=N2)n1. The Hall–Kier alpha value is -3.35. The number of aromatic nitrogens is 4. The Kier molecular flexibility index (Phi) is 4.27. The Morgan fingerprint density at radius 2 is 1.85 bits per heavy atom. The number of amides is 1. The van der Waals surface area contributed by atoms with E-state index in [9.17, 15) is 4.79 Å². The minimum atomic E-state index is -0.148. The highest BCUT2D eigenvalue weighted by molar-refractivity contribution is 6.02. The second-order valence-corrected chi connectivity index (χ2v) is 6.14. The molecular formula is C19H18N6O. The van der Waals surface area contributed by atoms with Gasteiger partial charge in [0.15, 0.2) is 0 Å². The van der Waals surface area contributed by atoms with Gasteiger partial charge in [-0.2, -0.15) is 9.90 Å². The molecule has 0 fully saturated rings. The number of carbonyl (C=O) groups is 1. The molecule has 1 aromatic heterocycles. The molecule has 0 radical (unpaired) electrons. The molecule has 0 saturated heterocycles. The van der Waals surface area contributed by atoms with Crippen molar-refractivity contribution >= 4 is 11.6 Å². The number of benzene rings is 2. The molecule has 0 unspecified atom stereocenters. The smallest absolute Gasteiger partial charge is 0.266 e. The van der Waals surface area contributed by atoms with Crippen LogP contribution < -0.4 is 0 Å². The third-order valence-electron chi connectivity index (χ3n) is 4.31. The van der Waals surface area contributed by atoms with E-state index < -0.39 is 0 Å². The average molecular weight is 346 g/mol. The number of nitrogens with zero attached hydrogens (tertiary/aromatic N) is 6. The zero-order chi connectivity index (χ0) is 17.9. The van der Waals surface area contributed by atoms with Gasteiger partial charge >= 0.3 is 0 Å². The van der Waals surface area contributed by atoms with Gasteiger partial charge in [0.2, 0.25) is 5.82 Å². The summed E-state index contributed by atoms with van der Waals surface area (Å²) in [6, 6.07) is 17.7. The number of hydrazone groups is 1. The van der Waals surface area contributed by atoms with Crippen LogP contribution >= 0.6 is 0 Å². The molecular weight excluding hydrogens is 328 g/mol. The summed E-state index contributed by atoms with van der Waals surface area (Å²) in [6.45, 7) is 2.58. The number of aryl methyl sites for hydroxylation is 1. The average Bonchev–Trinajstić information content (AvgIpc) is 3.33. The number of carbonyl (C=O) groups excluding carboxylic acids is 1. The van der Waals surface area contributed by atoms with Gasteiger partial charge < -0.3 is 0 Å². The molecule has 26 heavy (non-hydrogen) atoms. The van der Waals surface area contributed by atoms with Crippen LogP contribution in [0.4, 0.5) is 0 Å². The molecule has 1 aliphatic rings. The maximum atomic E-state index is 12.5. The standard InChI is InChI=1S/C19H18N6O/c1-14-7-5-6-10-16(14)19-20-23-25(22-19)13-18(26)24-12-11-17(21-24)15-8-3-2-4-9-15/h2-10H,11-13H2,1H3. The topological polar surface area (TPSA) is 76.3 Å². The van der Waals surface area contributed by atoms with Crippen LogP contribution in [0.2, 0.25) is 0 Å². The van der Waals surface area contributed by atoms with Crippen molar-refractivity contribution in [3.63, 3.8) is 0 Å². The summed E-state index contributed by atoms with van der Waals surface area (Å²) in [6.07, 6.45) is 0.745. The Morgan fingerprint density at radius 3 is 2.65 bits per heavy atom. The predicted molar refractivity (Wildman–Crippen MR) is 97.3 cm³/mol. The van der Waals surface area contributed by atoms with Gasteiger partial charge in [-0.3, -0.25) is 4.79 Å². The van der Waals surface area contributed by atoms with E-state index in [4.69, 9.17) is 0 Å². The largest absolute Gasteiger partial charge is 0.271 e. The van der Waals surface area contributed by atoms with E-state index in [0.717, 1.165) is 28.8 Å². The van der Waals surface area contributed by atoms with Crippen LogP contribution in [0.3, 0.4) is 0 Å². The fraction of sp³-hybridized carbons (Fsp3) is 0.211. The minimum Gasteiger partial charge on any atom is -0.271 e. The summed E-state index contributed by atoms with van der Waals surface area (Å²) in [5, 5.41) is 18.3. The molecule has 1 aliphatic heterocycles. The number of rotatable bonds is 4. The molecule has 7 nitrogen and oxygen atoms in total. The van der Waals surface area contributed by atoms with Crippen molar-refractivity contribution < 1.29 is 4.79 Å². The summed E-state index contributed by atoms with van der Waals surface area (Å²) in [5.41, 5.74) is 3.95. The Balaban J connectivity index is 1.46. The lowest BCUT2D eigenvalue weighted by molar-refractivity contribution is -0.131. The first-order chi connectivity index (χ1) is 12.7.